The van der Waals surface area contributed by atoms with Crippen LogP contribution in [0.5, 0.6) is 0 Å². The zero-order chi connectivity index (χ0) is 14.0. The van der Waals surface area contributed by atoms with E-state index in [4.69, 9.17) is 0 Å². The molecule has 0 amide bonds. The van der Waals surface area contributed by atoms with Gasteiger partial charge >= 0.3 is 0 Å². The Morgan fingerprint density at radius 1 is 1.33 bits per heavy atom. The summed E-state index contributed by atoms with van der Waals surface area (Å²) in [6.07, 6.45) is -1.03. The number of halogens is 2. The van der Waals surface area contributed by atoms with Crippen LogP contribution in [0.4, 0.5) is 4.39 Å². The SMILES string of the molecule is CC[C@](Br)([C@H](O)c1ccc(F)cc1)S(=O)(=O)CC. The molecule has 6 heteroatoms. The molecule has 0 aromatic heterocycles. The van der Waals surface area contributed by atoms with Crippen molar-refractivity contribution in [1.82, 2.24) is 0 Å². The molecule has 0 aliphatic carbocycles. The number of rotatable bonds is 5. The Balaban J connectivity index is 3.21. The molecule has 0 heterocycles. The van der Waals surface area contributed by atoms with Gasteiger partial charge in [-0.05, 0) is 24.1 Å². The Kier molecular flexibility index (Phi) is 4.91. The van der Waals surface area contributed by atoms with Gasteiger partial charge in [0.1, 0.15) is 11.9 Å². The Bertz CT molecular complexity index is 501. The lowest BCUT2D eigenvalue weighted by molar-refractivity contribution is 0.160. The maximum absolute atomic E-state index is 12.8. The predicted molar refractivity (Wildman–Crippen MR) is 72.8 cm³/mol. The molecule has 0 bridgehead atoms. The molecule has 0 aliphatic rings. The van der Waals surface area contributed by atoms with E-state index in [1.165, 1.54) is 31.2 Å². The molecule has 1 aromatic rings. The van der Waals surface area contributed by atoms with E-state index >= 15 is 0 Å². The number of sulfone groups is 1. The monoisotopic (exact) mass is 338 g/mol. The van der Waals surface area contributed by atoms with Gasteiger partial charge in [-0.25, -0.2) is 12.8 Å². The minimum atomic E-state index is -3.49. The first-order valence-corrected chi connectivity index (χ1v) is 8.07. The van der Waals surface area contributed by atoms with Crippen LogP contribution in [-0.4, -0.2) is 22.9 Å². The minimum absolute atomic E-state index is 0.0790. The lowest BCUT2D eigenvalue weighted by atomic mass is 10.0. The van der Waals surface area contributed by atoms with Gasteiger partial charge in [0.05, 0.1) is 0 Å². The molecule has 102 valence electrons. The summed E-state index contributed by atoms with van der Waals surface area (Å²) in [5.41, 5.74) is 0.368. The second-order valence-electron chi connectivity index (χ2n) is 4.00. The van der Waals surface area contributed by atoms with Crippen LogP contribution in [-0.2, 0) is 9.84 Å². The van der Waals surface area contributed by atoms with E-state index in [9.17, 15) is 17.9 Å². The van der Waals surface area contributed by atoms with Crippen LogP contribution in [0.2, 0.25) is 0 Å². The molecule has 0 unspecified atom stereocenters. The van der Waals surface area contributed by atoms with Crippen molar-refractivity contribution in [3.05, 3.63) is 35.6 Å². The third kappa shape index (κ3) is 2.75. The number of hydrogen-bond acceptors (Lipinski definition) is 3. The number of aliphatic hydroxyl groups is 1. The van der Waals surface area contributed by atoms with Crippen LogP contribution in [0.15, 0.2) is 24.3 Å². The highest BCUT2D eigenvalue weighted by atomic mass is 79.9. The average molecular weight is 339 g/mol. The van der Waals surface area contributed by atoms with Crippen molar-refractivity contribution in [2.45, 2.75) is 30.0 Å². The third-order valence-electron chi connectivity index (χ3n) is 2.97. The largest absolute Gasteiger partial charge is 0.386 e. The van der Waals surface area contributed by atoms with Gasteiger partial charge in [0.15, 0.2) is 13.5 Å². The highest BCUT2D eigenvalue weighted by Crippen LogP contribution is 2.41. The number of aliphatic hydroxyl groups excluding tert-OH is 1. The molecule has 0 spiro atoms. The summed E-state index contributed by atoms with van der Waals surface area (Å²) < 4.78 is 35.5. The van der Waals surface area contributed by atoms with Crippen molar-refractivity contribution in [3.63, 3.8) is 0 Å². The van der Waals surface area contributed by atoms with Crippen molar-refractivity contribution in [2.24, 2.45) is 0 Å². The number of hydrogen-bond donors (Lipinski definition) is 1. The van der Waals surface area contributed by atoms with Crippen LogP contribution in [0, 0.1) is 5.82 Å². The second-order valence-corrected chi connectivity index (χ2v) is 8.47. The van der Waals surface area contributed by atoms with E-state index < -0.39 is 25.4 Å². The summed E-state index contributed by atoms with van der Waals surface area (Å²) in [6.45, 7) is 3.20. The zero-order valence-electron chi connectivity index (χ0n) is 10.2. The maximum atomic E-state index is 12.8. The van der Waals surface area contributed by atoms with Crippen LogP contribution in [0.1, 0.15) is 31.9 Å². The summed E-state index contributed by atoms with van der Waals surface area (Å²) in [5, 5.41) is 10.2. The van der Waals surface area contributed by atoms with Crippen LogP contribution in [0.25, 0.3) is 0 Å². The Labute approximate surface area is 115 Å². The first-order chi connectivity index (χ1) is 8.28. The topological polar surface area (TPSA) is 54.4 Å². The molecule has 3 nitrogen and oxygen atoms in total. The molecule has 0 aliphatic heterocycles. The van der Waals surface area contributed by atoms with Crippen molar-refractivity contribution in [2.75, 3.05) is 5.75 Å². The van der Waals surface area contributed by atoms with Crippen molar-refractivity contribution in [3.8, 4) is 0 Å². The van der Waals surface area contributed by atoms with Gasteiger partial charge in [0, 0.05) is 5.75 Å². The summed E-state index contributed by atoms with van der Waals surface area (Å²) in [7, 11) is -3.49. The van der Waals surface area contributed by atoms with Gasteiger partial charge in [-0.1, -0.05) is 41.9 Å². The summed E-state index contributed by atoms with van der Waals surface area (Å²) in [4.78, 5) is 0. The maximum Gasteiger partial charge on any atom is 0.168 e. The van der Waals surface area contributed by atoms with Crippen LogP contribution < -0.4 is 0 Å². The Morgan fingerprint density at radius 3 is 2.22 bits per heavy atom. The van der Waals surface area contributed by atoms with Crippen LogP contribution in [0.3, 0.4) is 0 Å². The van der Waals surface area contributed by atoms with Gasteiger partial charge < -0.3 is 5.11 Å². The normalized spacial score (nSPS) is 17.2. The van der Waals surface area contributed by atoms with Crippen molar-refractivity contribution >= 4 is 25.8 Å². The van der Waals surface area contributed by atoms with Crippen LogP contribution >= 0.6 is 15.9 Å². The molecule has 0 radical (unpaired) electrons. The first-order valence-electron chi connectivity index (χ1n) is 5.63. The molecule has 1 aromatic carbocycles. The van der Waals surface area contributed by atoms with E-state index in [1.807, 2.05) is 0 Å². The molecule has 1 rings (SSSR count). The molecule has 0 fully saturated rings. The summed E-state index contributed by atoms with van der Waals surface area (Å²) in [5.74, 6) is -0.509. The predicted octanol–water partition coefficient (Wildman–Crippen LogP) is 2.80. The van der Waals surface area contributed by atoms with E-state index in [1.54, 1.807) is 6.92 Å². The van der Waals surface area contributed by atoms with Gasteiger partial charge in [0.2, 0.25) is 0 Å². The smallest absolute Gasteiger partial charge is 0.168 e. The van der Waals surface area contributed by atoms with E-state index in [0.29, 0.717) is 5.56 Å². The molecule has 1 N–H and O–H groups in total. The van der Waals surface area contributed by atoms with Gasteiger partial charge in [-0.3, -0.25) is 0 Å². The molecule has 0 saturated carbocycles. The Morgan fingerprint density at radius 2 is 1.83 bits per heavy atom. The van der Waals surface area contributed by atoms with E-state index in [0.717, 1.165) is 0 Å². The highest BCUT2D eigenvalue weighted by Gasteiger charge is 2.45. The number of alkyl halides is 1. The quantitative estimate of drug-likeness (QED) is 0.840. The second kappa shape index (κ2) is 5.67. The zero-order valence-corrected chi connectivity index (χ0v) is 12.6. The fourth-order valence-corrected chi connectivity index (χ4v) is 4.06. The standard InChI is InChI=1S/C12H16BrFO3S/c1-3-12(13,18(16,17)4-2)11(15)9-5-7-10(14)8-6-9/h5-8,11,15H,3-4H2,1-2H3/t11-,12-/m1/s1. The summed E-state index contributed by atoms with van der Waals surface area (Å²) in [6, 6.07) is 5.16. The lowest BCUT2D eigenvalue weighted by Gasteiger charge is -2.31. The molecular formula is C12H16BrFO3S. The van der Waals surface area contributed by atoms with Gasteiger partial charge in [-0.15, -0.1) is 0 Å². The highest BCUT2D eigenvalue weighted by molar-refractivity contribution is 9.11. The van der Waals surface area contributed by atoms with E-state index in [2.05, 4.69) is 15.9 Å². The Hall–Kier alpha value is -0.460. The van der Waals surface area contributed by atoms with Crippen molar-refractivity contribution < 1.29 is 17.9 Å². The third-order valence-corrected chi connectivity index (χ3v) is 7.75. The van der Waals surface area contributed by atoms with Gasteiger partial charge in [0.25, 0.3) is 0 Å². The molecule has 2 atom stereocenters. The van der Waals surface area contributed by atoms with E-state index in [-0.39, 0.29) is 12.2 Å². The molecule has 0 saturated heterocycles. The fraction of sp³-hybridized carbons (Fsp3) is 0.500. The first kappa shape index (κ1) is 15.6. The average Bonchev–Trinajstić information content (AvgIpc) is 2.37. The molecule has 18 heavy (non-hydrogen) atoms. The fourth-order valence-electron chi connectivity index (χ4n) is 1.72. The minimum Gasteiger partial charge on any atom is -0.386 e. The van der Waals surface area contributed by atoms with Gasteiger partial charge in [-0.2, -0.15) is 0 Å². The lowest BCUT2D eigenvalue weighted by Crippen LogP contribution is -2.39. The van der Waals surface area contributed by atoms with Crippen molar-refractivity contribution in [1.29, 1.82) is 0 Å². The summed E-state index contributed by atoms with van der Waals surface area (Å²) >= 11 is 3.16. The molecular weight excluding hydrogens is 323 g/mol. The number of benzene rings is 1.